The Morgan fingerprint density at radius 2 is 1.53 bits per heavy atom. The van der Waals surface area contributed by atoms with Gasteiger partial charge >= 0.3 is 0 Å². The summed E-state index contributed by atoms with van der Waals surface area (Å²) in [7, 11) is -3.00. The van der Waals surface area contributed by atoms with Gasteiger partial charge in [0, 0.05) is 28.5 Å². The standard InChI is InChI=1S/C36H37BrF3N3OSi/c1-35(2,3)45(25-11-7-5-8-12-25,26-13-9-6-10-14-26)44-23-36(4,40)22-43-18-17-27-28(15-16-32-29(27)21-41-42-32)34(43)33-30(38)19-24(37)20-31(33)39/h5-16,19-21,34H,17-18,22-23H2,1-4H3,(H,41,42)/t34-,36?/m0/s1. The van der Waals surface area contributed by atoms with Crippen molar-refractivity contribution >= 4 is 45.5 Å². The SMILES string of the molecule is CC(F)(CO[Si](c1ccccc1)(c1ccccc1)C(C)(C)C)CN1CCc2c(ccc3[nH]ncc23)[C@H]1c1c(F)cc(Br)cc1F. The van der Waals surface area contributed by atoms with Gasteiger partial charge in [0.05, 0.1) is 24.4 Å². The van der Waals surface area contributed by atoms with E-state index in [0.717, 1.165) is 32.4 Å². The lowest BCUT2D eigenvalue weighted by atomic mass is 9.85. The molecule has 1 aliphatic heterocycles. The first-order valence-electron chi connectivity index (χ1n) is 15.2. The first-order chi connectivity index (χ1) is 21.4. The van der Waals surface area contributed by atoms with Crippen molar-refractivity contribution in [2.24, 2.45) is 0 Å². The Balaban J connectivity index is 1.38. The van der Waals surface area contributed by atoms with Gasteiger partial charge in [-0.2, -0.15) is 5.10 Å². The number of hydrogen-bond acceptors (Lipinski definition) is 3. The van der Waals surface area contributed by atoms with Crippen molar-refractivity contribution in [3.05, 3.63) is 124 Å². The van der Waals surface area contributed by atoms with Crippen LogP contribution in [-0.4, -0.2) is 48.8 Å². The normalized spacial score (nSPS) is 17.3. The molecule has 1 aromatic heterocycles. The second-order valence-corrected chi connectivity index (χ2v) is 18.5. The van der Waals surface area contributed by atoms with Crippen LogP contribution in [0.3, 0.4) is 0 Å². The smallest absolute Gasteiger partial charge is 0.261 e. The molecule has 0 amide bonds. The second-order valence-electron chi connectivity index (χ2n) is 13.2. The number of halogens is 4. The molecular formula is C36H37BrF3N3OSi. The molecule has 6 rings (SSSR count). The largest absolute Gasteiger partial charge is 0.404 e. The number of aromatic nitrogens is 2. The molecule has 1 aliphatic rings. The van der Waals surface area contributed by atoms with Crippen molar-refractivity contribution in [1.82, 2.24) is 15.1 Å². The fourth-order valence-electron chi connectivity index (χ4n) is 7.02. The number of hydrogen-bond donors (Lipinski definition) is 1. The average Bonchev–Trinajstić information content (AvgIpc) is 3.48. The van der Waals surface area contributed by atoms with Gasteiger partial charge in [-0.25, -0.2) is 13.2 Å². The molecule has 234 valence electrons. The van der Waals surface area contributed by atoms with Crippen LogP contribution in [0.1, 0.15) is 50.4 Å². The van der Waals surface area contributed by atoms with E-state index in [1.807, 2.05) is 53.4 Å². The summed E-state index contributed by atoms with van der Waals surface area (Å²) in [5, 5.41) is 9.88. The summed E-state index contributed by atoms with van der Waals surface area (Å²) in [4.78, 5) is 1.86. The van der Waals surface area contributed by atoms with Crippen molar-refractivity contribution in [1.29, 1.82) is 0 Å². The Morgan fingerprint density at radius 1 is 0.933 bits per heavy atom. The lowest BCUT2D eigenvalue weighted by molar-refractivity contribution is 0.0397. The van der Waals surface area contributed by atoms with Crippen molar-refractivity contribution in [3.8, 4) is 0 Å². The predicted octanol–water partition coefficient (Wildman–Crippen LogP) is 7.86. The fraction of sp³-hybridized carbons (Fsp3) is 0.306. The van der Waals surface area contributed by atoms with E-state index in [-0.39, 0.29) is 23.8 Å². The maximum Gasteiger partial charge on any atom is 0.261 e. The summed E-state index contributed by atoms with van der Waals surface area (Å²) < 4.78 is 55.5. The molecule has 0 bridgehead atoms. The molecule has 1 N–H and O–H groups in total. The van der Waals surface area contributed by atoms with E-state index in [2.05, 4.69) is 71.2 Å². The third-order valence-electron chi connectivity index (χ3n) is 8.94. The van der Waals surface area contributed by atoms with Gasteiger partial charge in [-0.05, 0) is 58.1 Å². The van der Waals surface area contributed by atoms with Crippen molar-refractivity contribution < 1.29 is 17.6 Å². The summed E-state index contributed by atoms with van der Waals surface area (Å²) >= 11 is 3.21. The highest BCUT2D eigenvalue weighted by Crippen LogP contribution is 2.42. The highest BCUT2D eigenvalue weighted by molar-refractivity contribution is 9.10. The molecule has 0 radical (unpaired) electrons. The van der Waals surface area contributed by atoms with E-state index in [1.54, 1.807) is 6.20 Å². The number of benzene rings is 4. The Morgan fingerprint density at radius 3 is 2.11 bits per heavy atom. The average molecular weight is 693 g/mol. The van der Waals surface area contributed by atoms with Crippen molar-refractivity contribution in [2.45, 2.75) is 50.9 Å². The number of H-pyrrole nitrogens is 1. The maximum absolute atomic E-state index is 17.0. The summed E-state index contributed by atoms with van der Waals surface area (Å²) in [5.74, 6) is -1.36. The summed E-state index contributed by atoms with van der Waals surface area (Å²) in [6.07, 6.45) is 2.33. The Bertz CT molecular complexity index is 1740. The van der Waals surface area contributed by atoms with Gasteiger partial charge in [-0.3, -0.25) is 10.00 Å². The van der Waals surface area contributed by atoms with E-state index in [0.29, 0.717) is 17.4 Å². The lowest BCUT2D eigenvalue weighted by Gasteiger charge is -2.45. The van der Waals surface area contributed by atoms with E-state index < -0.39 is 31.7 Å². The van der Waals surface area contributed by atoms with Crippen molar-refractivity contribution in [2.75, 3.05) is 19.7 Å². The highest BCUT2D eigenvalue weighted by Gasteiger charge is 2.51. The Hall–Kier alpha value is -3.24. The third-order valence-corrected chi connectivity index (χ3v) is 14.4. The van der Waals surface area contributed by atoms with Crippen LogP contribution in [0.25, 0.3) is 10.9 Å². The number of nitrogens with one attached hydrogen (secondary N) is 1. The van der Waals surface area contributed by atoms with Crippen LogP contribution in [-0.2, 0) is 10.8 Å². The zero-order valence-electron chi connectivity index (χ0n) is 25.9. The minimum absolute atomic E-state index is 0.0757. The maximum atomic E-state index is 17.0. The first-order valence-corrected chi connectivity index (χ1v) is 17.9. The first kappa shape index (κ1) is 31.7. The highest BCUT2D eigenvalue weighted by atomic mass is 79.9. The number of fused-ring (bicyclic) bond motifs is 3. The Labute approximate surface area is 271 Å². The number of aromatic amines is 1. The van der Waals surface area contributed by atoms with Crippen LogP contribution in [0.4, 0.5) is 13.2 Å². The van der Waals surface area contributed by atoms with Crippen molar-refractivity contribution in [3.63, 3.8) is 0 Å². The van der Waals surface area contributed by atoms with Gasteiger partial charge in [0.2, 0.25) is 0 Å². The summed E-state index contributed by atoms with van der Waals surface area (Å²) in [5.41, 5.74) is 0.634. The van der Waals surface area contributed by atoms with Crippen LogP contribution < -0.4 is 10.4 Å². The number of nitrogens with zero attached hydrogens (tertiary/aromatic N) is 2. The van der Waals surface area contributed by atoms with Gasteiger partial charge in [-0.1, -0.05) is 103 Å². The Kier molecular flexibility index (Phi) is 8.58. The predicted molar refractivity (Wildman–Crippen MR) is 180 cm³/mol. The molecular weight excluding hydrogens is 655 g/mol. The van der Waals surface area contributed by atoms with Crippen LogP contribution in [0.5, 0.6) is 0 Å². The molecule has 9 heteroatoms. The molecule has 0 fully saturated rings. The van der Waals surface area contributed by atoms with Gasteiger partial charge in [0.15, 0.2) is 0 Å². The molecule has 5 aromatic rings. The molecule has 45 heavy (non-hydrogen) atoms. The molecule has 0 spiro atoms. The van der Waals surface area contributed by atoms with Gasteiger partial charge in [0.1, 0.15) is 17.3 Å². The van der Waals surface area contributed by atoms with Crippen LogP contribution in [0.2, 0.25) is 5.04 Å². The zero-order chi connectivity index (χ0) is 32.0. The van der Waals surface area contributed by atoms with Crippen LogP contribution in [0, 0.1) is 11.6 Å². The topological polar surface area (TPSA) is 41.1 Å². The minimum atomic E-state index is -3.00. The van der Waals surface area contributed by atoms with Gasteiger partial charge in [-0.15, -0.1) is 0 Å². The summed E-state index contributed by atoms with van der Waals surface area (Å²) in [6, 6.07) is 25.7. The van der Waals surface area contributed by atoms with E-state index in [9.17, 15) is 0 Å². The molecule has 4 nitrogen and oxygen atoms in total. The number of alkyl halides is 1. The molecule has 0 saturated heterocycles. The van der Waals surface area contributed by atoms with E-state index in [1.165, 1.54) is 19.1 Å². The molecule has 0 saturated carbocycles. The molecule has 1 unspecified atom stereocenters. The van der Waals surface area contributed by atoms with Crippen LogP contribution in [0.15, 0.2) is 95.6 Å². The van der Waals surface area contributed by atoms with Gasteiger partial charge < -0.3 is 4.43 Å². The van der Waals surface area contributed by atoms with Gasteiger partial charge in [0.25, 0.3) is 8.32 Å². The lowest BCUT2D eigenvalue weighted by Crippen LogP contribution is -2.67. The quantitative estimate of drug-likeness (QED) is 0.169. The van der Waals surface area contributed by atoms with E-state index >= 15 is 13.2 Å². The molecule has 4 aromatic carbocycles. The number of rotatable bonds is 8. The van der Waals surface area contributed by atoms with Crippen LogP contribution >= 0.6 is 15.9 Å². The van der Waals surface area contributed by atoms with E-state index in [4.69, 9.17) is 4.43 Å². The molecule has 2 atom stereocenters. The zero-order valence-corrected chi connectivity index (χ0v) is 28.5. The molecule has 2 heterocycles. The fourth-order valence-corrected chi connectivity index (χ4v) is 12.1. The summed E-state index contributed by atoms with van der Waals surface area (Å²) in [6.45, 7) is 8.16. The monoisotopic (exact) mass is 691 g/mol. The second kappa shape index (κ2) is 12.2. The minimum Gasteiger partial charge on any atom is -0.404 e. The molecule has 0 aliphatic carbocycles. The third kappa shape index (κ3) is 5.91.